The van der Waals surface area contributed by atoms with Crippen LogP contribution in [0.1, 0.15) is 25.6 Å². The van der Waals surface area contributed by atoms with Crippen molar-refractivity contribution in [2.24, 2.45) is 0 Å². The normalized spacial score (nSPS) is 11.8. The van der Waals surface area contributed by atoms with E-state index in [-0.39, 0.29) is 0 Å². The topological polar surface area (TPSA) is 38.3 Å². The molecular formula is C12H16ClNO2S. The summed E-state index contributed by atoms with van der Waals surface area (Å²) in [6, 6.07) is 1.84. The molecule has 0 aromatic carbocycles. The van der Waals surface area contributed by atoms with Gasteiger partial charge in [0.15, 0.2) is 0 Å². The van der Waals surface area contributed by atoms with Crippen LogP contribution >= 0.6 is 22.9 Å². The van der Waals surface area contributed by atoms with Crippen LogP contribution in [0.2, 0.25) is 5.02 Å². The van der Waals surface area contributed by atoms with Crippen molar-refractivity contribution in [3.8, 4) is 0 Å². The maximum absolute atomic E-state index is 11.3. The van der Waals surface area contributed by atoms with Crippen LogP contribution in [0, 0.1) is 0 Å². The van der Waals surface area contributed by atoms with E-state index in [0.29, 0.717) is 6.54 Å². The molecule has 3 nitrogen and oxygen atoms in total. The van der Waals surface area contributed by atoms with E-state index in [1.807, 2.05) is 44.4 Å². The van der Waals surface area contributed by atoms with Crippen LogP contribution in [0.4, 0.5) is 4.79 Å². The van der Waals surface area contributed by atoms with Crippen molar-refractivity contribution in [2.75, 3.05) is 6.54 Å². The third-order valence-corrected chi connectivity index (χ3v) is 3.00. The molecule has 0 fully saturated rings. The van der Waals surface area contributed by atoms with E-state index in [0.717, 1.165) is 9.90 Å². The molecule has 1 amide bonds. The molecule has 94 valence electrons. The van der Waals surface area contributed by atoms with E-state index in [2.05, 4.69) is 5.32 Å². The highest BCUT2D eigenvalue weighted by Gasteiger charge is 2.14. The van der Waals surface area contributed by atoms with E-state index in [4.69, 9.17) is 16.3 Å². The number of alkyl carbamates (subject to hydrolysis) is 1. The third kappa shape index (κ3) is 5.75. The Kier molecular flexibility index (Phi) is 5.02. The standard InChI is InChI=1S/C12H16ClNO2S/c1-12(2,3)16-11(15)14-7-4-5-10-9(13)6-8-17-10/h4-6,8H,7H2,1-3H3,(H,14,15). The van der Waals surface area contributed by atoms with Gasteiger partial charge in [-0.15, -0.1) is 11.3 Å². The number of rotatable bonds is 3. The summed E-state index contributed by atoms with van der Waals surface area (Å²) in [6.07, 6.45) is 3.30. The van der Waals surface area contributed by atoms with Crippen molar-refractivity contribution in [1.82, 2.24) is 5.32 Å². The summed E-state index contributed by atoms with van der Waals surface area (Å²) >= 11 is 7.47. The van der Waals surface area contributed by atoms with Gasteiger partial charge in [0, 0.05) is 11.4 Å². The van der Waals surface area contributed by atoms with E-state index in [1.54, 1.807) is 11.3 Å². The Bertz CT molecular complexity index is 407. The monoisotopic (exact) mass is 273 g/mol. The molecule has 1 aromatic rings. The maximum atomic E-state index is 11.3. The van der Waals surface area contributed by atoms with Crippen molar-refractivity contribution in [3.63, 3.8) is 0 Å². The Morgan fingerprint density at radius 3 is 2.82 bits per heavy atom. The zero-order valence-electron chi connectivity index (χ0n) is 10.1. The first-order chi connectivity index (χ1) is 7.88. The van der Waals surface area contributed by atoms with Crippen LogP contribution in [-0.4, -0.2) is 18.2 Å². The molecule has 0 aliphatic rings. The lowest BCUT2D eigenvalue weighted by atomic mass is 10.2. The first-order valence-electron chi connectivity index (χ1n) is 5.25. The average molecular weight is 274 g/mol. The van der Waals surface area contributed by atoms with Gasteiger partial charge in [0.25, 0.3) is 0 Å². The van der Waals surface area contributed by atoms with Gasteiger partial charge < -0.3 is 10.1 Å². The van der Waals surface area contributed by atoms with Gasteiger partial charge in [-0.05, 0) is 38.3 Å². The fourth-order valence-electron chi connectivity index (χ4n) is 1.05. The van der Waals surface area contributed by atoms with Gasteiger partial charge in [-0.3, -0.25) is 0 Å². The number of amides is 1. The van der Waals surface area contributed by atoms with Crippen LogP contribution in [0.3, 0.4) is 0 Å². The number of ether oxygens (including phenoxy) is 1. The second-order valence-electron chi connectivity index (χ2n) is 4.42. The molecule has 5 heteroatoms. The minimum Gasteiger partial charge on any atom is -0.444 e. The molecule has 1 aromatic heterocycles. The van der Waals surface area contributed by atoms with Gasteiger partial charge in [0.05, 0.1) is 5.02 Å². The van der Waals surface area contributed by atoms with Crippen LogP contribution in [0.25, 0.3) is 6.08 Å². The molecule has 1 N–H and O–H groups in total. The minimum absolute atomic E-state index is 0.417. The molecule has 0 spiro atoms. The second kappa shape index (κ2) is 6.07. The van der Waals surface area contributed by atoms with Crippen LogP contribution in [0.15, 0.2) is 17.5 Å². The first kappa shape index (κ1) is 14.1. The number of hydrogen-bond acceptors (Lipinski definition) is 3. The van der Waals surface area contributed by atoms with Crippen molar-refractivity contribution >= 4 is 35.1 Å². The molecule has 0 unspecified atom stereocenters. The lowest BCUT2D eigenvalue weighted by Crippen LogP contribution is -2.32. The Balaban J connectivity index is 2.31. The third-order valence-electron chi connectivity index (χ3n) is 1.68. The Morgan fingerprint density at radius 2 is 2.29 bits per heavy atom. The van der Waals surface area contributed by atoms with Crippen molar-refractivity contribution < 1.29 is 9.53 Å². The number of carbonyl (C=O) groups is 1. The summed E-state index contributed by atoms with van der Waals surface area (Å²) in [7, 11) is 0. The summed E-state index contributed by atoms with van der Waals surface area (Å²) < 4.78 is 5.09. The number of nitrogens with one attached hydrogen (secondary N) is 1. The molecule has 0 bridgehead atoms. The number of thiophene rings is 1. The Labute approximate surface area is 110 Å². The molecule has 0 saturated carbocycles. The molecule has 17 heavy (non-hydrogen) atoms. The highest BCUT2D eigenvalue weighted by Crippen LogP contribution is 2.22. The molecule has 0 radical (unpaired) electrons. The highest BCUT2D eigenvalue weighted by molar-refractivity contribution is 7.11. The maximum Gasteiger partial charge on any atom is 0.407 e. The lowest BCUT2D eigenvalue weighted by Gasteiger charge is -2.19. The summed E-state index contributed by atoms with van der Waals surface area (Å²) in [5.74, 6) is 0. The van der Waals surface area contributed by atoms with Gasteiger partial charge in [-0.2, -0.15) is 0 Å². The second-order valence-corrected chi connectivity index (χ2v) is 5.77. The SMILES string of the molecule is CC(C)(C)OC(=O)NCC=Cc1sccc1Cl. The Hall–Kier alpha value is -1.00. The minimum atomic E-state index is -0.467. The van der Waals surface area contributed by atoms with E-state index < -0.39 is 11.7 Å². The van der Waals surface area contributed by atoms with Gasteiger partial charge in [-0.1, -0.05) is 17.7 Å². The summed E-state index contributed by atoms with van der Waals surface area (Å²) in [5.41, 5.74) is -0.467. The molecule has 0 aliphatic carbocycles. The van der Waals surface area contributed by atoms with Crippen molar-refractivity contribution in [1.29, 1.82) is 0 Å². The van der Waals surface area contributed by atoms with Gasteiger partial charge >= 0.3 is 6.09 Å². The predicted molar refractivity (Wildman–Crippen MR) is 72.6 cm³/mol. The van der Waals surface area contributed by atoms with E-state index in [1.165, 1.54) is 0 Å². The summed E-state index contributed by atoms with van der Waals surface area (Å²) in [5, 5.41) is 5.28. The van der Waals surface area contributed by atoms with Crippen molar-refractivity contribution in [3.05, 3.63) is 27.4 Å². The van der Waals surface area contributed by atoms with Crippen LogP contribution < -0.4 is 5.32 Å². The fraction of sp³-hybridized carbons (Fsp3) is 0.417. The average Bonchev–Trinajstić information content (AvgIpc) is 2.56. The number of hydrogen-bond donors (Lipinski definition) is 1. The lowest BCUT2D eigenvalue weighted by molar-refractivity contribution is 0.0534. The van der Waals surface area contributed by atoms with Crippen LogP contribution in [-0.2, 0) is 4.74 Å². The van der Waals surface area contributed by atoms with E-state index in [9.17, 15) is 4.79 Å². The molecule has 0 aliphatic heterocycles. The van der Waals surface area contributed by atoms with E-state index >= 15 is 0 Å². The van der Waals surface area contributed by atoms with Gasteiger partial charge in [0.1, 0.15) is 5.60 Å². The van der Waals surface area contributed by atoms with Gasteiger partial charge in [0.2, 0.25) is 0 Å². The molecule has 0 atom stereocenters. The quantitative estimate of drug-likeness (QED) is 0.906. The van der Waals surface area contributed by atoms with Crippen molar-refractivity contribution in [2.45, 2.75) is 26.4 Å². The molecule has 1 rings (SSSR count). The smallest absolute Gasteiger partial charge is 0.407 e. The van der Waals surface area contributed by atoms with Crippen LogP contribution in [0.5, 0.6) is 0 Å². The summed E-state index contributed by atoms with van der Waals surface area (Å²) in [6.45, 7) is 5.90. The molecule has 0 saturated heterocycles. The number of halogens is 1. The fourth-order valence-corrected chi connectivity index (χ4v) is 2.09. The summed E-state index contributed by atoms with van der Waals surface area (Å²) in [4.78, 5) is 12.3. The molecular weight excluding hydrogens is 258 g/mol. The Morgan fingerprint density at radius 1 is 1.59 bits per heavy atom. The first-order valence-corrected chi connectivity index (χ1v) is 6.50. The highest BCUT2D eigenvalue weighted by atomic mass is 35.5. The van der Waals surface area contributed by atoms with Gasteiger partial charge in [-0.25, -0.2) is 4.79 Å². The zero-order valence-corrected chi connectivity index (χ0v) is 11.7. The molecule has 1 heterocycles. The largest absolute Gasteiger partial charge is 0.444 e. The predicted octanol–water partition coefficient (Wildman–Crippen LogP) is 3.94. The number of carbonyl (C=O) groups excluding carboxylic acids is 1. The zero-order chi connectivity index (χ0) is 12.9.